The quantitative estimate of drug-likeness (QED) is 0.762. The van der Waals surface area contributed by atoms with Crippen LogP contribution in [0, 0.1) is 18.8 Å². The van der Waals surface area contributed by atoms with Gasteiger partial charge in [0.2, 0.25) is 5.91 Å². The summed E-state index contributed by atoms with van der Waals surface area (Å²) in [4.78, 5) is 26.0. The molecule has 0 spiro atoms. The van der Waals surface area contributed by atoms with Crippen molar-refractivity contribution in [3.05, 3.63) is 12.0 Å². The van der Waals surface area contributed by atoms with Gasteiger partial charge in [-0.1, -0.05) is 13.3 Å². The van der Waals surface area contributed by atoms with E-state index in [9.17, 15) is 13.2 Å². The Morgan fingerprint density at radius 2 is 2.00 bits per heavy atom. The minimum atomic E-state index is -3.41. The van der Waals surface area contributed by atoms with Crippen molar-refractivity contribution in [2.45, 2.75) is 69.4 Å². The average Bonchev–Trinajstić information content (AvgIpc) is 2.64. The Bertz CT molecular complexity index is 872. The lowest BCUT2D eigenvalue weighted by molar-refractivity contribution is -0.149. The first-order valence-corrected chi connectivity index (χ1v) is 12.3. The summed E-state index contributed by atoms with van der Waals surface area (Å²) >= 11 is 0. The number of amides is 1. The van der Waals surface area contributed by atoms with Crippen LogP contribution < -0.4 is 4.90 Å². The molecule has 0 aliphatic carbocycles. The number of rotatable bonds is 4. The fraction of sp³-hybridized carbons (Fsp3) is 0.750. The number of piperidine rings is 3. The van der Waals surface area contributed by atoms with Crippen LogP contribution in [0.25, 0.3) is 0 Å². The van der Waals surface area contributed by atoms with Crippen LogP contribution >= 0.6 is 0 Å². The molecule has 7 nitrogen and oxygen atoms in total. The van der Waals surface area contributed by atoms with E-state index in [4.69, 9.17) is 0 Å². The third-order valence-corrected chi connectivity index (χ3v) is 7.72. The molecular weight excluding hydrogens is 376 g/mol. The second-order valence-corrected chi connectivity index (χ2v) is 10.6. The fourth-order valence-electron chi connectivity index (χ4n) is 5.55. The molecule has 4 atom stereocenters. The van der Waals surface area contributed by atoms with E-state index in [2.05, 4.69) is 26.7 Å². The van der Waals surface area contributed by atoms with Gasteiger partial charge in [-0.25, -0.2) is 18.4 Å². The smallest absolute Gasteiger partial charge is 0.223 e. The summed E-state index contributed by atoms with van der Waals surface area (Å²) < 4.78 is 24.7. The lowest BCUT2D eigenvalue weighted by Gasteiger charge is -2.57. The second-order valence-electron chi connectivity index (χ2n) is 8.65. The topological polar surface area (TPSA) is 83.5 Å². The first-order valence-electron chi connectivity index (χ1n) is 10.4. The van der Waals surface area contributed by atoms with Gasteiger partial charge in [-0.2, -0.15) is 0 Å². The number of aryl methyl sites for hydroxylation is 1. The third kappa shape index (κ3) is 3.40. The number of carbonyl (C=O) groups excluding carboxylic acids is 1. The van der Waals surface area contributed by atoms with Crippen LogP contribution in [0.4, 0.5) is 5.82 Å². The van der Waals surface area contributed by atoms with E-state index in [1.54, 1.807) is 6.92 Å². The summed E-state index contributed by atoms with van der Waals surface area (Å²) in [7, 11) is -3.41. The SMILES string of the molecule is CCC[C@H]1[C@H]2C[C@H](CN(c3nc(C)ncc3S(C)(=O)=O)C2)[C@@H]2CCCC(=O)N21. The predicted octanol–water partition coefficient (Wildman–Crippen LogP) is 2.19. The van der Waals surface area contributed by atoms with Crippen molar-refractivity contribution >= 4 is 21.6 Å². The summed E-state index contributed by atoms with van der Waals surface area (Å²) in [6, 6.07) is 0.535. The van der Waals surface area contributed by atoms with E-state index < -0.39 is 9.84 Å². The molecule has 3 aliphatic rings. The normalized spacial score (nSPS) is 30.3. The van der Waals surface area contributed by atoms with Gasteiger partial charge in [-0.05, 0) is 44.4 Å². The lowest BCUT2D eigenvalue weighted by atomic mass is 9.71. The Kier molecular flexibility index (Phi) is 5.10. The zero-order valence-electron chi connectivity index (χ0n) is 17.0. The fourth-order valence-corrected chi connectivity index (χ4v) is 6.30. The van der Waals surface area contributed by atoms with Crippen molar-refractivity contribution in [2.75, 3.05) is 24.2 Å². The van der Waals surface area contributed by atoms with Gasteiger partial charge in [0.15, 0.2) is 15.7 Å². The van der Waals surface area contributed by atoms with Gasteiger partial charge in [-0.15, -0.1) is 0 Å². The summed E-state index contributed by atoms with van der Waals surface area (Å²) in [5, 5.41) is 0. The maximum Gasteiger partial charge on any atom is 0.223 e. The van der Waals surface area contributed by atoms with E-state index in [1.165, 1.54) is 12.5 Å². The van der Waals surface area contributed by atoms with Crippen LogP contribution in [-0.4, -0.2) is 60.6 Å². The Hall–Kier alpha value is -1.70. The number of anilines is 1. The molecule has 28 heavy (non-hydrogen) atoms. The molecule has 4 rings (SSSR count). The van der Waals surface area contributed by atoms with Crippen molar-refractivity contribution in [3.8, 4) is 0 Å². The molecule has 4 heterocycles. The van der Waals surface area contributed by atoms with E-state index in [1.807, 2.05) is 0 Å². The standard InChI is InChI=1S/C20H30N4O3S/c1-4-6-16-14-9-15(17-7-5-8-19(25)24(16)17)12-23(11-14)20-18(28(3,26)27)10-21-13(2)22-20/h10,14-17H,4-9,11-12H2,1-3H3/t14-,15+,16-,17-/m0/s1. The molecule has 3 aliphatic heterocycles. The predicted molar refractivity (Wildman–Crippen MR) is 107 cm³/mol. The molecule has 0 N–H and O–H groups in total. The monoisotopic (exact) mass is 406 g/mol. The Morgan fingerprint density at radius 1 is 1.25 bits per heavy atom. The molecule has 1 aromatic rings. The summed E-state index contributed by atoms with van der Waals surface area (Å²) in [6.07, 6.45) is 8.52. The number of sulfone groups is 1. The van der Waals surface area contributed by atoms with E-state index in [0.717, 1.165) is 45.2 Å². The summed E-state index contributed by atoms with van der Waals surface area (Å²) in [6.45, 7) is 5.47. The Balaban J connectivity index is 1.71. The zero-order valence-corrected chi connectivity index (χ0v) is 17.8. The molecule has 8 heteroatoms. The third-order valence-electron chi connectivity index (χ3n) is 6.64. The van der Waals surface area contributed by atoms with Gasteiger partial charge in [0.1, 0.15) is 10.7 Å². The van der Waals surface area contributed by atoms with Gasteiger partial charge in [-0.3, -0.25) is 4.79 Å². The van der Waals surface area contributed by atoms with Crippen LogP contribution in [0.15, 0.2) is 11.1 Å². The highest BCUT2D eigenvalue weighted by Gasteiger charge is 2.49. The highest BCUT2D eigenvalue weighted by molar-refractivity contribution is 7.90. The lowest BCUT2D eigenvalue weighted by Crippen LogP contribution is -2.65. The van der Waals surface area contributed by atoms with Crippen LogP contribution in [0.3, 0.4) is 0 Å². The number of aromatic nitrogens is 2. The van der Waals surface area contributed by atoms with E-state index >= 15 is 0 Å². The van der Waals surface area contributed by atoms with Crippen LogP contribution in [0.1, 0.15) is 51.3 Å². The van der Waals surface area contributed by atoms with E-state index in [0.29, 0.717) is 35.8 Å². The number of nitrogens with zero attached hydrogens (tertiary/aromatic N) is 4. The van der Waals surface area contributed by atoms with Gasteiger partial charge in [0.25, 0.3) is 0 Å². The van der Waals surface area contributed by atoms with Gasteiger partial charge >= 0.3 is 0 Å². The van der Waals surface area contributed by atoms with Crippen molar-refractivity contribution in [1.29, 1.82) is 0 Å². The summed E-state index contributed by atoms with van der Waals surface area (Å²) in [5.74, 6) is 2.17. The van der Waals surface area contributed by atoms with Crippen molar-refractivity contribution < 1.29 is 13.2 Å². The Labute approximate surface area is 167 Å². The van der Waals surface area contributed by atoms with Gasteiger partial charge < -0.3 is 9.80 Å². The largest absolute Gasteiger partial charge is 0.355 e. The first-order chi connectivity index (χ1) is 13.3. The molecule has 154 valence electrons. The minimum absolute atomic E-state index is 0.210. The summed E-state index contributed by atoms with van der Waals surface area (Å²) in [5.41, 5.74) is 0. The average molecular weight is 407 g/mol. The van der Waals surface area contributed by atoms with E-state index in [-0.39, 0.29) is 17.0 Å². The number of fused-ring (bicyclic) bond motifs is 4. The van der Waals surface area contributed by atoms with Crippen molar-refractivity contribution in [3.63, 3.8) is 0 Å². The molecule has 0 saturated carbocycles. The highest BCUT2D eigenvalue weighted by atomic mass is 32.2. The number of hydrogen-bond acceptors (Lipinski definition) is 6. The molecule has 2 bridgehead atoms. The zero-order chi connectivity index (χ0) is 20.1. The molecule has 3 fully saturated rings. The Morgan fingerprint density at radius 3 is 2.71 bits per heavy atom. The minimum Gasteiger partial charge on any atom is -0.355 e. The van der Waals surface area contributed by atoms with Gasteiger partial charge in [0, 0.05) is 37.8 Å². The van der Waals surface area contributed by atoms with Gasteiger partial charge in [0.05, 0.1) is 6.20 Å². The maximum absolute atomic E-state index is 12.7. The molecule has 3 saturated heterocycles. The number of carbonyl (C=O) groups is 1. The maximum atomic E-state index is 12.7. The number of hydrogen-bond donors (Lipinski definition) is 0. The second kappa shape index (κ2) is 7.28. The first kappa shape index (κ1) is 19.6. The molecule has 0 aromatic carbocycles. The van der Waals surface area contributed by atoms with Crippen LogP contribution in [0.2, 0.25) is 0 Å². The van der Waals surface area contributed by atoms with Crippen LogP contribution in [-0.2, 0) is 14.6 Å². The van der Waals surface area contributed by atoms with Crippen molar-refractivity contribution in [1.82, 2.24) is 14.9 Å². The molecule has 0 radical (unpaired) electrons. The van der Waals surface area contributed by atoms with Crippen molar-refractivity contribution in [2.24, 2.45) is 11.8 Å². The molecule has 1 aromatic heterocycles. The van der Waals surface area contributed by atoms with Crippen LogP contribution in [0.5, 0.6) is 0 Å². The molecule has 1 amide bonds. The highest BCUT2D eigenvalue weighted by Crippen LogP contribution is 2.44. The molecule has 0 unspecified atom stereocenters. The molecular formula is C20H30N4O3S.